The Hall–Kier alpha value is -1.33. The van der Waals surface area contributed by atoms with Crippen molar-refractivity contribution in [1.29, 1.82) is 0 Å². The minimum Gasteiger partial charge on any atom is -0.271 e. The van der Waals surface area contributed by atoms with Gasteiger partial charge in [0.1, 0.15) is 5.75 Å². The molecule has 0 atom stereocenters. The molecule has 90 valence electrons. The Kier molecular flexibility index (Phi) is 3.22. The fourth-order valence-electron chi connectivity index (χ4n) is 1.57. The summed E-state index contributed by atoms with van der Waals surface area (Å²) < 4.78 is 23.6. The van der Waals surface area contributed by atoms with E-state index >= 15 is 0 Å². The van der Waals surface area contributed by atoms with Gasteiger partial charge >= 0.3 is 0 Å². The molecule has 4 nitrogen and oxygen atoms in total. The predicted molar refractivity (Wildman–Crippen MR) is 67.1 cm³/mol. The minimum atomic E-state index is -3.56. The van der Waals surface area contributed by atoms with E-state index in [1.807, 2.05) is 30.3 Å². The third-order valence-corrected chi connectivity index (χ3v) is 3.33. The lowest BCUT2D eigenvalue weighted by atomic mass is 10.1. The summed E-state index contributed by atoms with van der Waals surface area (Å²) in [6, 6.07) is 11.3. The molecule has 0 amide bonds. The Morgan fingerprint density at radius 2 is 1.94 bits per heavy atom. The maximum atomic E-state index is 11.0. The van der Waals surface area contributed by atoms with Gasteiger partial charge in [0.15, 0.2) is 0 Å². The molecule has 1 heterocycles. The minimum absolute atomic E-state index is 0.217. The van der Waals surface area contributed by atoms with Gasteiger partial charge in [-0.25, -0.2) is 8.42 Å². The average Bonchev–Trinajstić information content (AvgIpc) is 2.59. The quantitative estimate of drug-likeness (QED) is 0.803. The Labute approximate surface area is 104 Å². The van der Waals surface area contributed by atoms with E-state index < -0.39 is 9.05 Å². The van der Waals surface area contributed by atoms with Crippen molar-refractivity contribution in [2.45, 2.75) is 5.75 Å². The number of nitrogens with zero attached hydrogens (tertiary/aromatic N) is 2. The molecule has 1 aromatic carbocycles. The molecule has 17 heavy (non-hydrogen) atoms. The lowest BCUT2D eigenvalue weighted by Crippen LogP contribution is -2.02. The van der Waals surface area contributed by atoms with Crippen LogP contribution in [0.4, 0.5) is 0 Å². The van der Waals surface area contributed by atoms with Crippen molar-refractivity contribution in [3.05, 3.63) is 42.1 Å². The third kappa shape index (κ3) is 3.08. The molecule has 0 unspecified atom stereocenters. The van der Waals surface area contributed by atoms with E-state index in [1.165, 1.54) is 4.68 Å². The van der Waals surface area contributed by atoms with Gasteiger partial charge in [-0.15, -0.1) is 0 Å². The fourth-order valence-corrected chi connectivity index (χ4v) is 2.53. The van der Waals surface area contributed by atoms with Crippen molar-refractivity contribution >= 4 is 19.7 Å². The number of halogens is 1. The van der Waals surface area contributed by atoms with E-state index in [0.717, 1.165) is 11.3 Å². The highest BCUT2D eigenvalue weighted by molar-refractivity contribution is 8.13. The standard InChI is InChI=1S/C11H11ClN2O2S/c1-14-10(8-17(12,15)16)7-11(13-14)9-5-3-2-4-6-9/h2-7H,8H2,1H3. The van der Waals surface area contributed by atoms with Crippen LogP contribution in [0.2, 0.25) is 0 Å². The molecule has 0 saturated carbocycles. The molecular formula is C11H11ClN2O2S. The van der Waals surface area contributed by atoms with Crippen molar-refractivity contribution in [2.24, 2.45) is 7.05 Å². The second-order valence-corrected chi connectivity index (χ2v) is 6.47. The Morgan fingerprint density at radius 3 is 2.53 bits per heavy atom. The van der Waals surface area contributed by atoms with Crippen LogP contribution in [0.3, 0.4) is 0 Å². The molecule has 0 N–H and O–H groups in total. The van der Waals surface area contributed by atoms with Crippen LogP contribution in [-0.4, -0.2) is 18.2 Å². The van der Waals surface area contributed by atoms with Crippen LogP contribution in [0.1, 0.15) is 5.69 Å². The highest BCUT2D eigenvalue weighted by atomic mass is 35.7. The van der Waals surface area contributed by atoms with Gasteiger partial charge in [0, 0.05) is 23.3 Å². The first-order valence-corrected chi connectivity index (χ1v) is 7.44. The number of rotatable bonds is 3. The lowest BCUT2D eigenvalue weighted by Gasteiger charge is -1.96. The summed E-state index contributed by atoms with van der Waals surface area (Å²) in [7, 11) is 3.37. The fraction of sp³-hybridized carbons (Fsp3) is 0.182. The summed E-state index contributed by atoms with van der Waals surface area (Å²) in [6.07, 6.45) is 0. The number of hydrogen-bond acceptors (Lipinski definition) is 3. The number of aryl methyl sites for hydroxylation is 1. The highest BCUT2D eigenvalue weighted by Gasteiger charge is 2.13. The monoisotopic (exact) mass is 270 g/mol. The van der Waals surface area contributed by atoms with E-state index in [1.54, 1.807) is 13.1 Å². The zero-order valence-corrected chi connectivity index (χ0v) is 10.7. The van der Waals surface area contributed by atoms with Crippen LogP contribution >= 0.6 is 10.7 Å². The van der Waals surface area contributed by atoms with Crippen LogP contribution in [0, 0.1) is 0 Å². The molecular weight excluding hydrogens is 260 g/mol. The first kappa shape index (κ1) is 12.1. The summed E-state index contributed by atoms with van der Waals surface area (Å²) in [6.45, 7) is 0. The Morgan fingerprint density at radius 1 is 1.29 bits per heavy atom. The van der Waals surface area contributed by atoms with E-state index in [2.05, 4.69) is 5.10 Å². The van der Waals surface area contributed by atoms with Gasteiger partial charge in [0.25, 0.3) is 0 Å². The van der Waals surface area contributed by atoms with Gasteiger partial charge in [-0.2, -0.15) is 5.10 Å². The van der Waals surface area contributed by atoms with E-state index in [0.29, 0.717) is 5.69 Å². The maximum Gasteiger partial charge on any atom is 0.238 e. The third-order valence-electron chi connectivity index (χ3n) is 2.37. The Bertz CT molecular complexity index is 620. The predicted octanol–water partition coefficient (Wildman–Crippen LogP) is 2.16. The zero-order valence-electron chi connectivity index (χ0n) is 9.17. The lowest BCUT2D eigenvalue weighted by molar-refractivity contribution is 0.605. The van der Waals surface area contributed by atoms with Gasteiger partial charge in [-0.3, -0.25) is 4.68 Å². The molecule has 0 saturated heterocycles. The summed E-state index contributed by atoms with van der Waals surface area (Å²) >= 11 is 0. The molecule has 0 bridgehead atoms. The van der Waals surface area contributed by atoms with Crippen molar-refractivity contribution in [3.63, 3.8) is 0 Å². The second kappa shape index (κ2) is 4.50. The molecule has 2 rings (SSSR count). The largest absolute Gasteiger partial charge is 0.271 e. The molecule has 1 aromatic heterocycles. The second-order valence-electron chi connectivity index (χ2n) is 3.69. The zero-order chi connectivity index (χ0) is 12.5. The van der Waals surface area contributed by atoms with Crippen LogP contribution in [0.5, 0.6) is 0 Å². The molecule has 0 fully saturated rings. The van der Waals surface area contributed by atoms with Crippen LogP contribution in [0.15, 0.2) is 36.4 Å². The van der Waals surface area contributed by atoms with Gasteiger partial charge in [-0.05, 0) is 6.07 Å². The van der Waals surface area contributed by atoms with Gasteiger partial charge < -0.3 is 0 Å². The molecule has 0 aliphatic carbocycles. The number of aromatic nitrogens is 2. The molecule has 0 aliphatic rings. The first-order chi connectivity index (χ1) is 7.96. The smallest absolute Gasteiger partial charge is 0.238 e. The normalized spacial score (nSPS) is 11.6. The highest BCUT2D eigenvalue weighted by Crippen LogP contribution is 2.20. The van der Waals surface area contributed by atoms with Crippen LogP contribution in [0.25, 0.3) is 11.3 Å². The topological polar surface area (TPSA) is 52.0 Å². The van der Waals surface area contributed by atoms with Crippen molar-refractivity contribution in [2.75, 3.05) is 0 Å². The molecule has 0 aliphatic heterocycles. The van der Waals surface area contributed by atoms with E-state index in [-0.39, 0.29) is 5.75 Å². The van der Waals surface area contributed by atoms with Gasteiger partial charge in [-0.1, -0.05) is 30.3 Å². The first-order valence-electron chi connectivity index (χ1n) is 4.96. The van der Waals surface area contributed by atoms with Crippen LogP contribution < -0.4 is 0 Å². The van der Waals surface area contributed by atoms with Crippen LogP contribution in [-0.2, 0) is 21.9 Å². The summed E-state index contributed by atoms with van der Waals surface area (Å²) in [5.41, 5.74) is 2.25. The van der Waals surface area contributed by atoms with Crippen molar-refractivity contribution < 1.29 is 8.42 Å². The van der Waals surface area contributed by atoms with Crippen molar-refractivity contribution in [3.8, 4) is 11.3 Å². The summed E-state index contributed by atoms with van der Waals surface area (Å²) in [5.74, 6) is -0.217. The molecule has 0 radical (unpaired) electrons. The summed E-state index contributed by atoms with van der Waals surface area (Å²) in [5, 5.41) is 4.26. The maximum absolute atomic E-state index is 11.0. The molecule has 2 aromatic rings. The van der Waals surface area contributed by atoms with E-state index in [4.69, 9.17) is 10.7 Å². The summed E-state index contributed by atoms with van der Waals surface area (Å²) in [4.78, 5) is 0. The molecule has 6 heteroatoms. The number of benzene rings is 1. The van der Waals surface area contributed by atoms with Gasteiger partial charge in [0.05, 0.1) is 11.4 Å². The van der Waals surface area contributed by atoms with E-state index in [9.17, 15) is 8.42 Å². The average molecular weight is 271 g/mol. The Balaban J connectivity index is 2.38. The number of hydrogen-bond donors (Lipinski definition) is 0. The van der Waals surface area contributed by atoms with Gasteiger partial charge in [0.2, 0.25) is 9.05 Å². The SMILES string of the molecule is Cn1nc(-c2ccccc2)cc1CS(=O)(=O)Cl. The molecule has 0 spiro atoms. The van der Waals surface area contributed by atoms with Crippen molar-refractivity contribution in [1.82, 2.24) is 9.78 Å².